The van der Waals surface area contributed by atoms with Crippen molar-refractivity contribution < 1.29 is 28.4 Å². The summed E-state index contributed by atoms with van der Waals surface area (Å²) in [5, 5.41) is 15.4. The summed E-state index contributed by atoms with van der Waals surface area (Å²) in [7, 11) is 0. The quantitative estimate of drug-likeness (QED) is 0.285. The van der Waals surface area contributed by atoms with Crippen molar-refractivity contribution >= 4 is 11.8 Å². The van der Waals surface area contributed by atoms with Crippen LogP contribution in [0.3, 0.4) is 0 Å². The summed E-state index contributed by atoms with van der Waals surface area (Å²) in [5.74, 6) is -1.56. The molecular formula is C21H21FN4O5. The molecule has 0 fully saturated rings. The standard InChI is InChI=1S/C21H21FN4O5/c1-13-9-17(26-31-13)11-24-19(27)21(2,20(28)25-29)30-12-14-3-8-18(23-10-14)15-4-6-16(22)7-5-15/h3-10,29H,11-12H2,1-2H3,(H,24,27)(H,25,28). The molecule has 1 atom stereocenters. The second-order valence-electron chi connectivity index (χ2n) is 6.93. The number of rotatable bonds is 8. The van der Waals surface area contributed by atoms with E-state index in [-0.39, 0.29) is 19.0 Å². The molecule has 1 unspecified atom stereocenters. The van der Waals surface area contributed by atoms with Crippen LogP contribution in [0.5, 0.6) is 0 Å². The van der Waals surface area contributed by atoms with Crippen LogP contribution in [-0.2, 0) is 27.5 Å². The lowest BCUT2D eigenvalue weighted by molar-refractivity contribution is -0.166. The maximum atomic E-state index is 13.1. The van der Waals surface area contributed by atoms with Gasteiger partial charge in [0.2, 0.25) is 5.60 Å². The Bertz CT molecular complexity index is 1050. The van der Waals surface area contributed by atoms with Crippen LogP contribution in [-0.4, -0.2) is 32.8 Å². The smallest absolute Gasteiger partial charge is 0.285 e. The highest BCUT2D eigenvalue weighted by molar-refractivity contribution is 6.07. The Kier molecular flexibility index (Phi) is 6.73. The third-order valence-corrected chi connectivity index (χ3v) is 4.57. The van der Waals surface area contributed by atoms with Gasteiger partial charge in [0.05, 0.1) is 18.8 Å². The highest BCUT2D eigenvalue weighted by Gasteiger charge is 2.42. The Labute approximate surface area is 177 Å². The van der Waals surface area contributed by atoms with Crippen LogP contribution in [0.1, 0.15) is 23.9 Å². The van der Waals surface area contributed by atoms with Crippen molar-refractivity contribution in [3.63, 3.8) is 0 Å². The topological polar surface area (TPSA) is 127 Å². The summed E-state index contributed by atoms with van der Waals surface area (Å²) in [4.78, 5) is 29.1. The Hall–Kier alpha value is -3.63. The van der Waals surface area contributed by atoms with Crippen LogP contribution < -0.4 is 10.8 Å². The van der Waals surface area contributed by atoms with Crippen molar-refractivity contribution in [2.45, 2.75) is 32.6 Å². The first-order valence-electron chi connectivity index (χ1n) is 9.31. The van der Waals surface area contributed by atoms with Gasteiger partial charge in [-0.15, -0.1) is 0 Å². The van der Waals surface area contributed by atoms with Crippen LogP contribution in [0.4, 0.5) is 4.39 Å². The molecule has 0 saturated carbocycles. The van der Waals surface area contributed by atoms with E-state index in [0.717, 1.165) is 5.56 Å². The third kappa shape index (κ3) is 5.30. The predicted octanol–water partition coefficient (Wildman–Crippen LogP) is 2.28. The summed E-state index contributed by atoms with van der Waals surface area (Å²) in [5.41, 5.74) is 1.86. The number of carbonyl (C=O) groups excluding carboxylic acids is 2. The fourth-order valence-corrected chi connectivity index (χ4v) is 2.71. The van der Waals surface area contributed by atoms with E-state index in [9.17, 15) is 14.0 Å². The SMILES string of the molecule is Cc1cc(CNC(=O)C(C)(OCc2ccc(-c3ccc(F)cc3)nc2)C(=O)NO)no1. The Morgan fingerprint density at radius 3 is 2.52 bits per heavy atom. The van der Waals surface area contributed by atoms with Crippen LogP contribution in [0.15, 0.2) is 53.2 Å². The first-order valence-corrected chi connectivity index (χ1v) is 9.31. The van der Waals surface area contributed by atoms with E-state index in [1.807, 2.05) is 0 Å². The fourth-order valence-electron chi connectivity index (χ4n) is 2.71. The number of benzene rings is 1. The lowest BCUT2D eigenvalue weighted by Crippen LogP contribution is -2.56. The molecule has 3 aromatic rings. The lowest BCUT2D eigenvalue weighted by atomic mass is 10.0. The van der Waals surface area contributed by atoms with E-state index in [4.69, 9.17) is 14.5 Å². The monoisotopic (exact) mass is 428 g/mol. The van der Waals surface area contributed by atoms with Gasteiger partial charge in [-0.2, -0.15) is 0 Å². The zero-order chi connectivity index (χ0) is 22.4. The molecule has 1 aromatic carbocycles. The summed E-state index contributed by atoms with van der Waals surface area (Å²) < 4.78 is 23.6. The van der Waals surface area contributed by atoms with Gasteiger partial charge in [-0.05, 0) is 49.7 Å². The zero-order valence-corrected chi connectivity index (χ0v) is 16.9. The molecule has 3 rings (SSSR count). The van der Waals surface area contributed by atoms with Crippen molar-refractivity contribution in [2.75, 3.05) is 0 Å². The summed E-state index contributed by atoms with van der Waals surface area (Å²) >= 11 is 0. The number of hydrogen-bond donors (Lipinski definition) is 3. The molecule has 2 aromatic heterocycles. The molecule has 0 spiro atoms. The molecule has 9 nitrogen and oxygen atoms in total. The second-order valence-corrected chi connectivity index (χ2v) is 6.93. The van der Waals surface area contributed by atoms with E-state index in [2.05, 4.69) is 15.5 Å². The maximum Gasteiger partial charge on any atom is 0.285 e. The number of nitrogens with one attached hydrogen (secondary N) is 2. The average molecular weight is 428 g/mol. The molecule has 2 heterocycles. The van der Waals surface area contributed by atoms with Crippen molar-refractivity contribution in [3.05, 3.63) is 71.5 Å². The minimum Gasteiger partial charge on any atom is -0.361 e. The number of aryl methyl sites for hydroxylation is 1. The number of halogens is 1. The van der Waals surface area contributed by atoms with E-state index >= 15 is 0 Å². The van der Waals surface area contributed by atoms with Crippen molar-refractivity contribution in [3.8, 4) is 11.3 Å². The zero-order valence-electron chi connectivity index (χ0n) is 16.9. The number of nitrogens with zero attached hydrogens (tertiary/aromatic N) is 2. The van der Waals surface area contributed by atoms with Gasteiger partial charge >= 0.3 is 0 Å². The van der Waals surface area contributed by atoms with Crippen molar-refractivity contribution in [2.24, 2.45) is 0 Å². The van der Waals surface area contributed by atoms with Crippen molar-refractivity contribution in [1.82, 2.24) is 20.9 Å². The predicted molar refractivity (Wildman–Crippen MR) is 106 cm³/mol. The molecule has 0 aliphatic heterocycles. The number of pyridine rings is 1. The number of carbonyl (C=O) groups is 2. The van der Waals surface area contributed by atoms with Crippen LogP contribution >= 0.6 is 0 Å². The maximum absolute atomic E-state index is 13.1. The Morgan fingerprint density at radius 1 is 1.19 bits per heavy atom. The van der Waals surface area contributed by atoms with Gasteiger partial charge in [0.1, 0.15) is 17.3 Å². The first-order chi connectivity index (χ1) is 14.8. The van der Waals surface area contributed by atoms with E-state index in [1.54, 1.807) is 37.3 Å². The minimum absolute atomic E-state index is 0.0156. The van der Waals surface area contributed by atoms with E-state index < -0.39 is 17.4 Å². The lowest BCUT2D eigenvalue weighted by Gasteiger charge is -2.26. The molecule has 0 bridgehead atoms. The van der Waals surface area contributed by atoms with Gasteiger partial charge in [0.25, 0.3) is 11.8 Å². The Morgan fingerprint density at radius 2 is 1.94 bits per heavy atom. The van der Waals surface area contributed by atoms with Crippen LogP contribution in [0, 0.1) is 12.7 Å². The molecule has 162 valence electrons. The number of hydroxylamine groups is 1. The largest absolute Gasteiger partial charge is 0.361 e. The molecule has 0 saturated heterocycles. The Balaban J connectivity index is 1.66. The molecule has 0 aliphatic carbocycles. The summed E-state index contributed by atoms with van der Waals surface area (Å²) in [6, 6.07) is 11.0. The first kappa shape index (κ1) is 22.1. The molecule has 0 aliphatic rings. The van der Waals surface area contributed by atoms with E-state index in [0.29, 0.717) is 22.7 Å². The van der Waals surface area contributed by atoms with Crippen molar-refractivity contribution in [1.29, 1.82) is 0 Å². The van der Waals surface area contributed by atoms with Gasteiger partial charge in [-0.25, -0.2) is 9.87 Å². The fraction of sp³-hybridized carbons (Fsp3) is 0.238. The second kappa shape index (κ2) is 9.45. The molecular weight excluding hydrogens is 407 g/mol. The summed E-state index contributed by atoms with van der Waals surface area (Å²) in [6.45, 7) is 2.83. The summed E-state index contributed by atoms with van der Waals surface area (Å²) in [6.07, 6.45) is 1.52. The van der Waals surface area contributed by atoms with Gasteiger partial charge in [0, 0.05) is 17.8 Å². The van der Waals surface area contributed by atoms with Crippen LogP contribution in [0.25, 0.3) is 11.3 Å². The number of aromatic nitrogens is 2. The van der Waals surface area contributed by atoms with Gasteiger partial charge in [-0.3, -0.25) is 19.8 Å². The molecule has 31 heavy (non-hydrogen) atoms. The number of hydrogen-bond acceptors (Lipinski definition) is 7. The third-order valence-electron chi connectivity index (χ3n) is 4.57. The molecule has 3 N–H and O–H groups in total. The number of amides is 2. The molecule has 0 radical (unpaired) electrons. The molecule has 2 amide bonds. The van der Waals surface area contributed by atoms with Gasteiger partial charge < -0.3 is 14.6 Å². The van der Waals surface area contributed by atoms with Crippen LogP contribution in [0.2, 0.25) is 0 Å². The van der Waals surface area contributed by atoms with Gasteiger partial charge in [0.15, 0.2) is 0 Å². The average Bonchev–Trinajstić information content (AvgIpc) is 3.21. The van der Waals surface area contributed by atoms with Gasteiger partial charge in [-0.1, -0.05) is 11.2 Å². The van der Waals surface area contributed by atoms with E-state index in [1.165, 1.54) is 30.7 Å². The molecule has 10 heteroatoms. The normalized spacial score (nSPS) is 12.8. The highest BCUT2D eigenvalue weighted by atomic mass is 19.1. The highest BCUT2D eigenvalue weighted by Crippen LogP contribution is 2.19. The minimum atomic E-state index is -2.01. The number of ether oxygens (including phenoxy) is 1.